The number of nitrogens with zero attached hydrogens (tertiary/aromatic N) is 3. The Morgan fingerprint density at radius 2 is 2.12 bits per heavy atom. The number of hydrogen-bond donors (Lipinski definition) is 0. The van der Waals surface area contributed by atoms with E-state index in [1.54, 1.807) is 22.8 Å². The van der Waals surface area contributed by atoms with Gasteiger partial charge in [0.1, 0.15) is 5.82 Å². The van der Waals surface area contributed by atoms with Gasteiger partial charge in [0.05, 0.1) is 29.1 Å². The molecule has 6 heteroatoms. The molecule has 1 aliphatic heterocycles. The maximum atomic E-state index is 12.7. The first-order valence-electron chi connectivity index (χ1n) is 8.78. The first-order chi connectivity index (χ1) is 12.2. The zero-order valence-corrected chi connectivity index (χ0v) is 14.2. The molecule has 0 spiro atoms. The van der Waals surface area contributed by atoms with E-state index in [1.165, 1.54) is 0 Å². The SMILES string of the molecule is N#CCCCOC(=O)c1ccc2c(=O)n3c(nc2c1)CCCCCC3. The van der Waals surface area contributed by atoms with Crippen molar-refractivity contribution < 1.29 is 9.53 Å². The Labute approximate surface area is 146 Å². The van der Waals surface area contributed by atoms with Crippen LogP contribution in [0.3, 0.4) is 0 Å². The summed E-state index contributed by atoms with van der Waals surface area (Å²) in [4.78, 5) is 29.5. The van der Waals surface area contributed by atoms with Crippen molar-refractivity contribution in [3.05, 3.63) is 39.9 Å². The van der Waals surface area contributed by atoms with Crippen LogP contribution in [0.2, 0.25) is 0 Å². The second-order valence-electron chi connectivity index (χ2n) is 6.28. The predicted octanol–water partition coefficient (Wildman–Crippen LogP) is 2.97. The topological polar surface area (TPSA) is 85.0 Å². The smallest absolute Gasteiger partial charge is 0.338 e. The number of esters is 1. The summed E-state index contributed by atoms with van der Waals surface area (Å²) in [5, 5.41) is 9.03. The fraction of sp³-hybridized carbons (Fsp3) is 0.474. The molecular formula is C19H21N3O3. The lowest BCUT2D eigenvalue weighted by atomic mass is 10.1. The van der Waals surface area contributed by atoms with E-state index in [4.69, 9.17) is 10.00 Å². The van der Waals surface area contributed by atoms with Gasteiger partial charge in [0.2, 0.25) is 0 Å². The van der Waals surface area contributed by atoms with Gasteiger partial charge in [-0.1, -0.05) is 12.8 Å². The largest absolute Gasteiger partial charge is 0.462 e. The highest BCUT2D eigenvalue weighted by Gasteiger charge is 2.15. The lowest BCUT2D eigenvalue weighted by Crippen LogP contribution is -2.26. The fourth-order valence-corrected chi connectivity index (χ4v) is 3.12. The number of carbonyl (C=O) groups excluding carboxylic acids is 1. The maximum Gasteiger partial charge on any atom is 0.338 e. The standard InChI is InChI=1S/C19H21N3O3/c20-10-4-6-12-25-19(24)14-8-9-15-16(13-14)21-17-7-3-1-2-5-11-22(17)18(15)23/h8-9,13H,1-7,11-12H2. The molecule has 0 fully saturated rings. The van der Waals surface area contributed by atoms with Gasteiger partial charge in [-0.3, -0.25) is 9.36 Å². The Morgan fingerprint density at radius 1 is 1.28 bits per heavy atom. The van der Waals surface area contributed by atoms with Crippen molar-refractivity contribution in [3.8, 4) is 6.07 Å². The molecule has 130 valence electrons. The van der Waals surface area contributed by atoms with Gasteiger partial charge in [-0.05, 0) is 37.5 Å². The van der Waals surface area contributed by atoms with Crippen LogP contribution in [0.1, 0.15) is 54.7 Å². The molecule has 1 aliphatic rings. The molecule has 0 unspecified atom stereocenters. The summed E-state index contributed by atoms with van der Waals surface area (Å²) in [6.07, 6.45) is 5.97. The number of ether oxygens (including phenoxy) is 1. The number of nitriles is 1. The van der Waals surface area contributed by atoms with E-state index in [-0.39, 0.29) is 12.2 Å². The van der Waals surface area contributed by atoms with Crippen LogP contribution in [0.25, 0.3) is 10.9 Å². The maximum absolute atomic E-state index is 12.7. The summed E-state index contributed by atoms with van der Waals surface area (Å²) >= 11 is 0. The number of unbranched alkanes of at least 4 members (excludes halogenated alkanes) is 1. The van der Waals surface area contributed by atoms with Crippen LogP contribution in [0, 0.1) is 11.3 Å². The molecule has 3 rings (SSSR count). The summed E-state index contributed by atoms with van der Waals surface area (Å²) < 4.78 is 6.94. The molecule has 0 atom stereocenters. The third kappa shape index (κ3) is 3.87. The van der Waals surface area contributed by atoms with E-state index in [1.807, 2.05) is 6.07 Å². The van der Waals surface area contributed by atoms with Crippen molar-refractivity contribution in [2.24, 2.45) is 0 Å². The Kier molecular flexibility index (Phi) is 5.44. The summed E-state index contributed by atoms with van der Waals surface area (Å²) in [5.41, 5.74) is 0.895. The highest BCUT2D eigenvalue weighted by Crippen LogP contribution is 2.17. The second-order valence-corrected chi connectivity index (χ2v) is 6.28. The minimum absolute atomic E-state index is 0.0316. The van der Waals surface area contributed by atoms with Crippen molar-refractivity contribution in [3.63, 3.8) is 0 Å². The van der Waals surface area contributed by atoms with Gasteiger partial charge in [-0.15, -0.1) is 0 Å². The van der Waals surface area contributed by atoms with Crippen LogP contribution < -0.4 is 5.56 Å². The van der Waals surface area contributed by atoms with Gasteiger partial charge in [0.25, 0.3) is 5.56 Å². The van der Waals surface area contributed by atoms with E-state index in [0.717, 1.165) is 37.9 Å². The zero-order chi connectivity index (χ0) is 17.6. The van der Waals surface area contributed by atoms with Crippen LogP contribution in [-0.2, 0) is 17.7 Å². The Hall–Kier alpha value is -2.68. The molecule has 0 N–H and O–H groups in total. The van der Waals surface area contributed by atoms with Crippen molar-refractivity contribution in [2.45, 2.75) is 51.5 Å². The van der Waals surface area contributed by atoms with Crippen molar-refractivity contribution in [1.82, 2.24) is 9.55 Å². The number of benzene rings is 1. The normalized spacial score (nSPS) is 14.2. The number of aromatic nitrogens is 2. The number of rotatable bonds is 4. The summed E-state index contributed by atoms with van der Waals surface area (Å²) in [6, 6.07) is 6.90. The lowest BCUT2D eigenvalue weighted by Gasteiger charge is -2.16. The second kappa shape index (κ2) is 7.93. The van der Waals surface area contributed by atoms with Crippen LogP contribution in [0.4, 0.5) is 0 Å². The molecule has 0 aliphatic carbocycles. The highest BCUT2D eigenvalue weighted by atomic mass is 16.5. The van der Waals surface area contributed by atoms with E-state index in [0.29, 0.717) is 35.9 Å². The number of hydrogen-bond acceptors (Lipinski definition) is 5. The molecule has 25 heavy (non-hydrogen) atoms. The van der Waals surface area contributed by atoms with Gasteiger partial charge < -0.3 is 4.74 Å². The number of carbonyl (C=O) groups is 1. The minimum atomic E-state index is -0.450. The van der Waals surface area contributed by atoms with Gasteiger partial charge in [0.15, 0.2) is 0 Å². The molecule has 2 aromatic rings. The van der Waals surface area contributed by atoms with Crippen LogP contribution in [-0.4, -0.2) is 22.1 Å². The molecule has 2 heterocycles. The van der Waals surface area contributed by atoms with E-state index >= 15 is 0 Å². The minimum Gasteiger partial charge on any atom is -0.462 e. The van der Waals surface area contributed by atoms with E-state index in [9.17, 15) is 9.59 Å². The molecule has 0 saturated heterocycles. The monoisotopic (exact) mass is 339 g/mol. The van der Waals surface area contributed by atoms with E-state index < -0.39 is 5.97 Å². The van der Waals surface area contributed by atoms with Crippen molar-refractivity contribution in [2.75, 3.05) is 6.61 Å². The Bertz CT molecular complexity index is 880. The Morgan fingerprint density at radius 3 is 2.96 bits per heavy atom. The van der Waals surface area contributed by atoms with Crippen LogP contribution in [0.15, 0.2) is 23.0 Å². The molecular weight excluding hydrogens is 318 g/mol. The van der Waals surface area contributed by atoms with Gasteiger partial charge in [0, 0.05) is 19.4 Å². The summed E-state index contributed by atoms with van der Waals surface area (Å²) in [6.45, 7) is 0.921. The molecule has 1 aromatic heterocycles. The Balaban J connectivity index is 1.89. The number of fused-ring (bicyclic) bond motifs is 2. The quantitative estimate of drug-likeness (QED) is 0.631. The van der Waals surface area contributed by atoms with Gasteiger partial charge in [-0.2, -0.15) is 5.26 Å². The first kappa shape index (κ1) is 17.2. The van der Waals surface area contributed by atoms with E-state index in [2.05, 4.69) is 4.98 Å². The average molecular weight is 339 g/mol. The molecule has 0 amide bonds. The van der Waals surface area contributed by atoms with Gasteiger partial charge in [-0.25, -0.2) is 9.78 Å². The number of aryl methyl sites for hydroxylation is 1. The summed E-state index contributed by atoms with van der Waals surface area (Å²) in [5.74, 6) is 0.352. The van der Waals surface area contributed by atoms with Crippen LogP contribution in [0.5, 0.6) is 0 Å². The zero-order valence-electron chi connectivity index (χ0n) is 14.2. The lowest BCUT2D eigenvalue weighted by molar-refractivity contribution is 0.0502. The third-order valence-corrected chi connectivity index (χ3v) is 4.47. The van der Waals surface area contributed by atoms with Gasteiger partial charge >= 0.3 is 5.97 Å². The molecule has 1 aromatic carbocycles. The fourth-order valence-electron chi connectivity index (χ4n) is 3.12. The summed E-state index contributed by atoms with van der Waals surface area (Å²) in [7, 11) is 0. The molecule has 0 radical (unpaired) electrons. The third-order valence-electron chi connectivity index (χ3n) is 4.47. The molecule has 0 bridgehead atoms. The molecule has 0 saturated carbocycles. The molecule has 6 nitrogen and oxygen atoms in total. The highest BCUT2D eigenvalue weighted by molar-refractivity contribution is 5.94. The predicted molar refractivity (Wildman–Crippen MR) is 93.3 cm³/mol. The average Bonchev–Trinajstić information content (AvgIpc) is 2.60. The van der Waals surface area contributed by atoms with Crippen molar-refractivity contribution in [1.29, 1.82) is 5.26 Å². The van der Waals surface area contributed by atoms with Crippen molar-refractivity contribution >= 4 is 16.9 Å². The van der Waals surface area contributed by atoms with Crippen LogP contribution >= 0.6 is 0 Å². The first-order valence-corrected chi connectivity index (χ1v) is 8.78.